The molecule has 0 aliphatic rings. The highest BCUT2D eigenvalue weighted by Crippen LogP contribution is 2.21. The highest BCUT2D eigenvalue weighted by atomic mass is 79.9. The van der Waals surface area contributed by atoms with Crippen LogP contribution in [0, 0.1) is 0 Å². The fraction of sp³-hybridized carbons (Fsp3) is 0.143. The van der Waals surface area contributed by atoms with Crippen molar-refractivity contribution in [3.8, 4) is 0 Å². The number of halogens is 1. The number of hydrogen-bond acceptors (Lipinski definition) is 3. The van der Waals surface area contributed by atoms with Crippen LogP contribution < -0.4 is 5.73 Å². The molecule has 0 bridgehead atoms. The summed E-state index contributed by atoms with van der Waals surface area (Å²) in [5, 5.41) is 5.04. The third-order valence-corrected chi connectivity index (χ3v) is 2.32. The van der Waals surface area contributed by atoms with Gasteiger partial charge in [0.05, 0.1) is 10.7 Å². The predicted molar refractivity (Wildman–Crippen MR) is 50.6 cm³/mol. The van der Waals surface area contributed by atoms with E-state index in [2.05, 4.69) is 26.0 Å². The molecular formula is C7H7BrN4. The predicted octanol–water partition coefficient (Wildman–Crippen LogP) is 1.31. The highest BCUT2D eigenvalue weighted by Gasteiger charge is 2.04. The number of rotatable bonds is 0. The van der Waals surface area contributed by atoms with Crippen molar-refractivity contribution in [1.29, 1.82) is 0 Å². The fourth-order valence-corrected chi connectivity index (χ4v) is 1.40. The Kier molecular flexibility index (Phi) is 1.54. The molecule has 2 N–H and O–H groups in total. The molecule has 0 amide bonds. The van der Waals surface area contributed by atoms with Crippen LogP contribution in [-0.2, 0) is 7.05 Å². The molecule has 0 spiro atoms. The minimum atomic E-state index is 0.492. The molecule has 62 valence electrons. The number of fused-ring (bicyclic) bond motifs is 1. The number of anilines is 1. The van der Waals surface area contributed by atoms with E-state index in [0.717, 1.165) is 15.5 Å². The fourth-order valence-electron chi connectivity index (χ4n) is 1.06. The lowest BCUT2D eigenvalue weighted by Gasteiger charge is -1.97. The zero-order valence-corrected chi connectivity index (χ0v) is 8.04. The number of nitrogens with zero attached hydrogens (tertiary/aromatic N) is 3. The van der Waals surface area contributed by atoms with Crippen molar-refractivity contribution in [2.24, 2.45) is 7.05 Å². The molecule has 0 aliphatic carbocycles. The van der Waals surface area contributed by atoms with E-state index in [4.69, 9.17) is 5.73 Å². The molecule has 0 atom stereocenters. The van der Waals surface area contributed by atoms with E-state index < -0.39 is 0 Å². The van der Waals surface area contributed by atoms with Gasteiger partial charge in [-0.2, -0.15) is 5.10 Å². The Morgan fingerprint density at radius 2 is 2.33 bits per heavy atom. The molecule has 4 nitrogen and oxygen atoms in total. The van der Waals surface area contributed by atoms with Gasteiger partial charge in [-0.25, -0.2) is 4.98 Å². The molecule has 0 saturated heterocycles. The summed E-state index contributed by atoms with van der Waals surface area (Å²) < 4.78 is 2.50. The Morgan fingerprint density at radius 1 is 1.58 bits per heavy atom. The van der Waals surface area contributed by atoms with E-state index in [0.29, 0.717) is 5.82 Å². The van der Waals surface area contributed by atoms with Crippen LogP contribution >= 0.6 is 15.9 Å². The van der Waals surface area contributed by atoms with Gasteiger partial charge in [0.15, 0.2) is 5.65 Å². The monoisotopic (exact) mass is 226 g/mol. The van der Waals surface area contributed by atoms with Crippen LogP contribution in [0.25, 0.3) is 11.0 Å². The largest absolute Gasteiger partial charge is 0.383 e. The summed E-state index contributed by atoms with van der Waals surface area (Å²) in [4.78, 5) is 4.17. The zero-order chi connectivity index (χ0) is 8.72. The normalized spacial score (nSPS) is 10.8. The van der Waals surface area contributed by atoms with Gasteiger partial charge in [0, 0.05) is 12.4 Å². The van der Waals surface area contributed by atoms with E-state index >= 15 is 0 Å². The quantitative estimate of drug-likeness (QED) is 0.738. The lowest BCUT2D eigenvalue weighted by atomic mass is 10.3. The van der Waals surface area contributed by atoms with Gasteiger partial charge in [-0.05, 0) is 22.0 Å². The maximum atomic E-state index is 5.61. The Balaban J connectivity index is 2.87. The molecule has 0 fully saturated rings. The van der Waals surface area contributed by atoms with Gasteiger partial charge in [0.2, 0.25) is 0 Å². The van der Waals surface area contributed by atoms with E-state index in [1.165, 1.54) is 0 Å². The van der Waals surface area contributed by atoms with E-state index in [9.17, 15) is 0 Å². The number of nitrogens with two attached hydrogens (primary N) is 1. The molecule has 2 heterocycles. The van der Waals surface area contributed by atoms with Gasteiger partial charge >= 0.3 is 0 Å². The molecule has 0 saturated carbocycles. The molecule has 5 heteroatoms. The summed E-state index contributed by atoms with van der Waals surface area (Å²) in [6.45, 7) is 0. The number of hydrogen-bond donors (Lipinski definition) is 1. The van der Waals surface area contributed by atoms with E-state index in [1.54, 1.807) is 10.9 Å². The average Bonchev–Trinajstić information content (AvgIpc) is 2.35. The van der Waals surface area contributed by atoms with Gasteiger partial charge in [0.1, 0.15) is 5.82 Å². The van der Waals surface area contributed by atoms with Crippen LogP contribution in [0.1, 0.15) is 0 Å². The van der Waals surface area contributed by atoms with Crippen LogP contribution in [0.2, 0.25) is 0 Å². The molecule has 0 aromatic carbocycles. The first kappa shape index (κ1) is 7.54. The first-order valence-corrected chi connectivity index (χ1v) is 4.21. The lowest BCUT2D eigenvalue weighted by molar-refractivity contribution is 0.787. The Labute approximate surface area is 77.5 Å². The van der Waals surface area contributed by atoms with Crippen molar-refractivity contribution < 1.29 is 0 Å². The summed E-state index contributed by atoms with van der Waals surface area (Å²) >= 11 is 3.30. The smallest absolute Gasteiger partial charge is 0.159 e. The van der Waals surface area contributed by atoms with Gasteiger partial charge in [-0.3, -0.25) is 4.68 Å². The Bertz CT molecular complexity index is 434. The topological polar surface area (TPSA) is 56.7 Å². The van der Waals surface area contributed by atoms with Gasteiger partial charge < -0.3 is 5.73 Å². The van der Waals surface area contributed by atoms with Crippen molar-refractivity contribution in [2.45, 2.75) is 0 Å². The third kappa shape index (κ3) is 0.972. The van der Waals surface area contributed by atoms with Gasteiger partial charge in [-0.15, -0.1) is 0 Å². The summed E-state index contributed by atoms with van der Waals surface area (Å²) in [7, 11) is 1.84. The summed E-state index contributed by atoms with van der Waals surface area (Å²) in [6.07, 6.45) is 1.76. The molecule has 2 aromatic heterocycles. The molecule has 0 radical (unpaired) electrons. The van der Waals surface area contributed by atoms with Crippen molar-refractivity contribution >= 4 is 32.8 Å². The first-order chi connectivity index (χ1) is 5.68. The van der Waals surface area contributed by atoms with Crippen LogP contribution in [0.15, 0.2) is 16.7 Å². The van der Waals surface area contributed by atoms with Crippen molar-refractivity contribution in [1.82, 2.24) is 14.8 Å². The van der Waals surface area contributed by atoms with Crippen LogP contribution in [0.4, 0.5) is 5.82 Å². The molecule has 0 aliphatic heterocycles. The average molecular weight is 227 g/mol. The minimum Gasteiger partial charge on any atom is -0.383 e. The summed E-state index contributed by atoms with van der Waals surface area (Å²) in [5.41, 5.74) is 6.42. The maximum Gasteiger partial charge on any atom is 0.159 e. The maximum absolute atomic E-state index is 5.61. The summed E-state index contributed by atoms with van der Waals surface area (Å²) in [6, 6.07) is 1.91. The number of aryl methyl sites for hydroxylation is 1. The zero-order valence-electron chi connectivity index (χ0n) is 6.45. The number of aromatic nitrogens is 3. The minimum absolute atomic E-state index is 0.492. The van der Waals surface area contributed by atoms with Crippen LogP contribution in [-0.4, -0.2) is 14.8 Å². The summed E-state index contributed by atoms with van der Waals surface area (Å²) in [5.74, 6) is 0.492. The van der Waals surface area contributed by atoms with Crippen molar-refractivity contribution in [3.05, 3.63) is 16.7 Å². The lowest BCUT2D eigenvalue weighted by Crippen LogP contribution is -1.96. The van der Waals surface area contributed by atoms with Crippen molar-refractivity contribution in [3.63, 3.8) is 0 Å². The Hall–Kier alpha value is -1.10. The second kappa shape index (κ2) is 2.45. The second-order valence-corrected chi connectivity index (χ2v) is 3.39. The van der Waals surface area contributed by atoms with Gasteiger partial charge in [0.25, 0.3) is 0 Å². The SMILES string of the molecule is Cn1ncc2cc(Br)c(N)nc21. The standard InChI is InChI=1S/C7H7BrN4/c1-12-7-4(3-10-12)2-5(8)6(9)11-7/h2-3H,1H3,(H2,9,11). The van der Waals surface area contributed by atoms with Gasteiger partial charge in [-0.1, -0.05) is 0 Å². The first-order valence-electron chi connectivity index (χ1n) is 3.42. The number of pyridine rings is 1. The van der Waals surface area contributed by atoms with Crippen LogP contribution in [0.3, 0.4) is 0 Å². The Morgan fingerprint density at radius 3 is 3.08 bits per heavy atom. The molecule has 2 aromatic rings. The van der Waals surface area contributed by atoms with E-state index in [-0.39, 0.29) is 0 Å². The highest BCUT2D eigenvalue weighted by molar-refractivity contribution is 9.10. The second-order valence-electron chi connectivity index (χ2n) is 2.54. The molecule has 12 heavy (non-hydrogen) atoms. The molecular weight excluding hydrogens is 220 g/mol. The molecule has 2 rings (SSSR count). The number of nitrogen functional groups attached to an aromatic ring is 1. The third-order valence-electron chi connectivity index (χ3n) is 1.69. The van der Waals surface area contributed by atoms with Crippen molar-refractivity contribution in [2.75, 3.05) is 5.73 Å². The van der Waals surface area contributed by atoms with Crippen LogP contribution in [0.5, 0.6) is 0 Å². The van der Waals surface area contributed by atoms with E-state index in [1.807, 2.05) is 13.1 Å². The molecule has 0 unspecified atom stereocenters.